The summed E-state index contributed by atoms with van der Waals surface area (Å²) in [7, 11) is -3.39. The van der Waals surface area contributed by atoms with Crippen molar-refractivity contribution in [2.45, 2.75) is 38.0 Å². The van der Waals surface area contributed by atoms with E-state index in [4.69, 9.17) is 0 Å². The Balaban J connectivity index is 4.73. The molecule has 0 saturated carbocycles. The van der Waals surface area contributed by atoms with E-state index < -0.39 is 20.5 Å². The Labute approximate surface area is 99.9 Å². The predicted octanol–water partition coefficient (Wildman–Crippen LogP) is 1.10. The highest BCUT2D eigenvalue weighted by Crippen LogP contribution is 2.15. The highest BCUT2D eigenvalue weighted by atomic mass is 79.9. The molecular weight excluding hydrogens is 282 g/mol. The molecule has 0 aliphatic heterocycles. The molecule has 15 heavy (non-hydrogen) atoms. The number of hydrogen-bond acceptors (Lipinski definition) is 3. The van der Waals surface area contributed by atoms with Crippen molar-refractivity contribution < 1.29 is 13.2 Å². The molecule has 0 radical (unpaired) electrons. The highest BCUT2D eigenvalue weighted by molar-refractivity contribution is 9.09. The number of halogens is 1. The van der Waals surface area contributed by atoms with Crippen LogP contribution in [-0.4, -0.2) is 36.7 Å². The highest BCUT2D eigenvalue weighted by Gasteiger charge is 2.38. The molecule has 0 aromatic heterocycles. The van der Waals surface area contributed by atoms with Crippen molar-refractivity contribution in [3.63, 3.8) is 0 Å². The van der Waals surface area contributed by atoms with Crippen molar-refractivity contribution in [2.24, 2.45) is 0 Å². The van der Waals surface area contributed by atoms with Crippen LogP contribution >= 0.6 is 15.9 Å². The maximum absolute atomic E-state index is 11.7. The Hall–Kier alpha value is -0.100. The first-order valence-electron chi connectivity index (χ1n) is 4.73. The second kappa shape index (κ2) is 5.30. The summed E-state index contributed by atoms with van der Waals surface area (Å²) in [5.41, 5.74) is 0. The lowest BCUT2D eigenvalue weighted by atomic mass is 10.1. The van der Waals surface area contributed by atoms with E-state index in [-0.39, 0.29) is 6.04 Å². The molecule has 0 aromatic carbocycles. The molecular formula is C9H18BrNO3S. The fraction of sp³-hybridized carbons (Fsp3) is 0.889. The number of amides is 1. The molecule has 0 heterocycles. The lowest BCUT2D eigenvalue weighted by Gasteiger charge is -2.24. The van der Waals surface area contributed by atoms with Crippen LogP contribution in [0.15, 0.2) is 0 Å². The van der Waals surface area contributed by atoms with Gasteiger partial charge in [0.2, 0.25) is 5.91 Å². The van der Waals surface area contributed by atoms with Crippen molar-refractivity contribution in [3.8, 4) is 0 Å². The fourth-order valence-corrected chi connectivity index (χ4v) is 1.79. The average Bonchev–Trinajstić information content (AvgIpc) is 2.11. The molecule has 0 aliphatic rings. The van der Waals surface area contributed by atoms with Gasteiger partial charge in [0.1, 0.15) is 4.75 Å². The van der Waals surface area contributed by atoms with Crippen molar-refractivity contribution in [2.75, 3.05) is 11.6 Å². The molecule has 1 amide bonds. The van der Waals surface area contributed by atoms with Gasteiger partial charge in [0, 0.05) is 17.6 Å². The monoisotopic (exact) mass is 299 g/mol. The van der Waals surface area contributed by atoms with Gasteiger partial charge < -0.3 is 5.32 Å². The van der Waals surface area contributed by atoms with Gasteiger partial charge in [0.05, 0.1) is 0 Å². The molecule has 1 unspecified atom stereocenters. The van der Waals surface area contributed by atoms with Gasteiger partial charge in [-0.15, -0.1) is 0 Å². The SMILES string of the molecule is CCC(CBr)NC(=O)C(C)(C)S(C)(=O)=O. The molecule has 0 rings (SSSR count). The zero-order valence-corrected chi connectivity index (χ0v) is 11.9. The van der Waals surface area contributed by atoms with E-state index in [1.165, 1.54) is 13.8 Å². The van der Waals surface area contributed by atoms with Crippen LogP contribution in [0.1, 0.15) is 27.2 Å². The summed E-state index contributed by atoms with van der Waals surface area (Å²) in [5, 5.41) is 3.32. The molecule has 0 saturated heterocycles. The van der Waals surface area contributed by atoms with Crippen molar-refractivity contribution in [1.82, 2.24) is 5.32 Å². The van der Waals surface area contributed by atoms with Crippen LogP contribution in [0.4, 0.5) is 0 Å². The van der Waals surface area contributed by atoms with Crippen LogP contribution in [0.3, 0.4) is 0 Å². The summed E-state index contributed by atoms with van der Waals surface area (Å²) in [4.78, 5) is 11.7. The molecule has 1 atom stereocenters. The van der Waals surface area contributed by atoms with Gasteiger partial charge in [0.25, 0.3) is 0 Å². The number of carbonyl (C=O) groups is 1. The van der Waals surface area contributed by atoms with Crippen molar-refractivity contribution >= 4 is 31.7 Å². The predicted molar refractivity (Wildman–Crippen MR) is 64.9 cm³/mol. The Kier molecular flexibility index (Phi) is 5.26. The van der Waals surface area contributed by atoms with E-state index in [9.17, 15) is 13.2 Å². The second-order valence-corrected chi connectivity index (χ2v) is 7.23. The van der Waals surface area contributed by atoms with E-state index >= 15 is 0 Å². The molecule has 6 heteroatoms. The molecule has 0 aromatic rings. The molecule has 4 nitrogen and oxygen atoms in total. The minimum absolute atomic E-state index is 0.0291. The molecule has 90 valence electrons. The van der Waals surface area contributed by atoms with E-state index in [1.54, 1.807) is 0 Å². The largest absolute Gasteiger partial charge is 0.351 e. The third-order valence-corrected chi connectivity index (χ3v) is 5.31. The minimum Gasteiger partial charge on any atom is -0.351 e. The van der Waals surface area contributed by atoms with Gasteiger partial charge in [0.15, 0.2) is 9.84 Å². The molecule has 0 aliphatic carbocycles. The Morgan fingerprint density at radius 2 is 1.93 bits per heavy atom. The first-order chi connectivity index (χ1) is 6.66. The summed E-state index contributed by atoms with van der Waals surface area (Å²) in [6.07, 6.45) is 1.83. The van der Waals surface area contributed by atoms with Crippen LogP contribution in [0.5, 0.6) is 0 Å². The maximum atomic E-state index is 11.7. The summed E-state index contributed by atoms with van der Waals surface area (Å²) >= 11 is 3.26. The summed E-state index contributed by atoms with van der Waals surface area (Å²) in [6.45, 7) is 4.76. The first-order valence-corrected chi connectivity index (χ1v) is 7.74. The number of alkyl halides is 1. The number of carbonyl (C=O) groups excluding carboxylic acids is 1. The number of sulfone groups is 1. The number of hydrogen-bond donors (Lipinski definition) is 1. The van der Waals surface area contributed by atoms with Crippen LogP contribution in [-0.2, 0) is 14.6 Å². The lowest BCUT2D eigenvalue weighted by molar-refractivity contribution is -0.123. The van der Waals surface area contributed by atoms with Gasteiger partial charge in [-0.2, -0.15) is 0 Å². The Bertz CT molecular complexity index is 320. The molecule has 0 spiro atoms. The van der Waals surface area contributed by atoms with Gasteiger partial charge in [-0.1, -0.05) is 22.9 Å². The number of rotatable bonds is 5. The van der Waals surface area contributed by atoms with Gasteiger partial charge in [-0.05, 0) is 20.3 Å². The zero-order chi connectivity index (χ0) is 12.3. The number of nitrogens with one attached hydrogen (secondary N) is 1. The first kappa shape index (κ1) is 14.9. The summed E-state index contributed by atoms with van der Waals surface area (Å²) < 4.78 is 21.4. The van der Waals surface area contributed by atoms with Crippen LogP contribution in [0.2, 0.25) is 0 Å². The quantitative estimate of drug-likeness (QED) is 0.773. The Morgan fingerprint density at radius 1 is 1.47 bits per heavy atom. The second-order valence-electron chi connectivity index (χ2n) is 4.02. The topological polar surface area (TPSA) is 63.2 Å². The van der Waals surface area contributed by atoms with Crippen LogP contribution < -0.4 is 5.32 Å². The van der Waals surface area contributed by atoms with E-state index in [2.05, 4.69) is 21.2 Å². The van der Waals surface area contributed by atoms with Gasteiger partial charge in [-0.25, -0.2) is 8.42 Å². The zero-order valence-electron chi connectivity index (χ0n) is 9.50. The van der Waals surface area contributed by atoms with Crippen molar-refractivity contribution in [1.29, 1.82) is 0 Å². The summed E-state index contributed by atoms with van der Waals surface area (Å²) in [6, 6.07) is -0.0291. The lowest BCUT2D eigenvalue weighted by Crippen LogP contribution is -2.51. The van der Waals surface area contributed by atoms with E-state index in [0.29, 0.717) is 5.33 Å². The summed E-state index contributed by atoms with van der Waals surface area (Å²) in [5.74, 6) is -0.448. The van der Waals surface area contributed by atoms with Crippen LogP contribution in [0.25, 0.3) is 0 Å². The fourth-order valence-electron chi connectivity index (χ4n) is 0.777. The van der Waals surface area contributed by atoms with E-state index in [1.807, 2.05) is 6.92 Å². The standard InChI is InChI=1S/C9H18BrNO3S/c1-5-7(6-10)11-8(12)9(2,3)15(4,13)14/h7H,5-6H2,1-4H3,(H,11,12). The van der Waals surface area contributed by atoms with Gasteiger partial charge >= 0.3 is 0 Å². The minimum atomic E-state index is -3.39. The molecule has 0 fully saturated rings. The smallest absolute Gasteiger partial charge is 0.241 e. The van der Waals surface area contributed by atoms with Crippen molar-refractivity contribution in [3.05, 3.63) is 0 Å². The van der Waals surface area contributed by atoms with E-state index in [0.717, 1.165) is 12.7 Å². The third kappa shape index (κ3) is 3.75. The van der Waals surface area contributed by atoms with Gasteiger partial charge in [-0.3, -0.25) is 4.79 Å². The molecule has 0 bridgehead atoms. The average molecular weight is 300 g/mol. The Morgan fingerprint density at radius 3 is 2.20 bits per heavy atom. The van der Waals surface area contributed by atoms with Crippen LogP contribution in [0, 0.1) is 0 Å². The third-order valence-electron chi connectivity index (χ3n) is 2.49. The molecule has 1 N–H and O–H groups in total. The maximum Gasteiger partial charge on any atom is 0.241 e. The normalized spacial score (nSPS) is 14.7.